The molecule has 90 valence electrons. The smallest absolute Gasteiger partial charge is 0.315 e. The Kier molecular flexibility index (Phi) is 2.33. The molecule has 0 aromatic heterocycles. The number of nitrogens with zero attached hydrogens (tertiary/aromatic N) is 1. The fourth-order valence-electron chi connectivity index (χ4n) is 2.67. The lowest BCUT2D eigenvalue weighted by Gasteiger charge is -2.24. The van der Waals surface area contributed by atoms with Gasteiger partial charge in [0.25, 0.3) is 0 Å². The molecule has 1 aliphatic carbocycles. The zero-order valence-electron chi connectivity index (χ0n) is 10.1. The number of urea groups is 1. The van der Waals surface area contributed by atoms with E-state index >= 15 is 0 Å². The SMILES string of the molecule is CN(C(N)=O)C1c2ccccc2-c2ccccc21. The summed E-state index contributed by atoms with van der Waals surface area (Å²) in [5.41, 5.74) is 10.1. The number of hydrogen-bond acceptors (Lipinski definition) is 1. The zero-order chi connectivity index (χ0) is 12.7. The van der Waals surface area contributed by atoms with Crippen molar-refractivity contribution in [2.24, 2.45) is 5.73 Å². The molecule has 3 heteroatoms. The summed E-state index contributed by atoms with van der Waals surface area (Å²) in [5, 5.41) is 0. The number of hydrogen-bond donors (Lipinski definition) is 1. The Bertz CT molecular complexity index is 576. The van der Waals surface area contributed by atoms with Gasteiger partial charge in [-0.15, -0.1) is 0 Å². The molecule has 2 aromatic rings. The summed E-state index contributed by atoms with van der Waals surface area (Å²) in [6.07, 6.45) is 0. The van der Waals surface area contributed by atoms with Crippen LogP contribution in [0.1, 0.15) is 17.2 Å². The molecule has 3 rings (SSSR count). The molecule has 0 spiro atoms. The van der Waals surface area contributed by atoms with E-state index in [9.17, 15) is 4.79 Å². The van der Waals surface area contributed by atoms with Crippen molar-refractivity contribution in [1.29, 1.82) is 0 Å². The number of amides is 2. The lowest BCUT2D eigenvalue weighted by molar-refractivity contribution is 0.209. The topological polar surface area (TPSA) is 46.3 Å². The number of nitrogens with two attached hydrogens (primary N) is 1. The third-order valence-electron chi connectivity index (χ3n) is 3.54. The van der Waals surface area contributed by atoms with Crippen LogP contribution in [-0.2, 0) is 0 Å². The number of fused-ring (bicyclic) bond motifs is 3. The first-order chi connectivity index (χ1) is 8.70. The summed E-state index contributed by atoms with van der Waals surface area (Å²) in [6, 6.07) is 15.8. The minimum Gasteiger partial charge on any atom is -0.351 e. The van der Waals surface area contributed by atoms with Gasteiger partial charge in [0.05, 0.1) is 6.04 Å². The Morgan fingerprint density at radius 1 is 1.00 bits per heavy atom. The molecule has 0 unspecified atom stereocenters. The molecule has 3 nitrogen and oxygen atoms in total. The van der Waals surface area contributed by atoms with E-state index in [1.54, 1.807) is 11.9 Å². The Balaban J connectivity index is 2.24. The summed E-state index contributed by atoms with van der Waals surface area (Å²) < 4.78 is 0. The van der Waals surface area contributed by atoms with E-state index in [2.05, 4.69) is 24.3 Å². The maximum atomic E-state index is 11.5. The largest absolute Gasteiger partial charge is 0.351 e. The van der Waals surface area contributed by atoms with Gasteiger partial charge in [-0.2, -0.15) is 0 Å². The molecule has 0 atom stereocenters. The second-order valence-electron chi connectivity index (χ2n) is 4.53. The lowest BCUT2D eigenvalue weighted by atomic mass is 10.0. The van der Waals surface area contributed by atoms with Crippen LogP contribution >= 0.6 is 0 Å². The van der Waals surface area contributed by atoms with E-state index in [4.69, 9.17) is 5.73 Å². The van der Waals surface area contributed by atoms with Gasteiger partial charge in [0.15, 0.2) is 0 Å². The first-order valence-electron chi connectivity index (χ1n) is 5.90. The molecular weight excluding hydrogens is 224 g/mol. The first kappa shape index (κ1) is 10.8. The van der Waals surface area contributed by atoms with E-state index in [1.165, 1.54) is 11.1 Å². The molecule has 1 aliphatic rings. The molecule has 0 fully saturated rings. The van der Waals surface area contributed by atoms with E-state index in [1.807, 2.05) is 24.3 Å². The van der Waals surface area contributed by atoms with Gasteiger partial charge < -0.3 is 10.6 Å². The van der Waals surface area contributed by atoms with Crippen molar-refractivity contribution in [3.05, 3.63) is 59.7 Å². The number of rotatable bonds is 1. The minimum atomic E-state index is -0.411. The molecule has 0 radical (unpaired) electrons. The highest BCUT2D eigenvalue weighted by molar-refractivity contribution is 5.82. The van der Waals surface area contributed by atoms with E-state index in [-0.39, 0.29) is 6.04 Å². The van der Waals surface area contributed by atoms with Gasteiger partial charge in [0.1, 0.15) is 0 Å². The van der Waals surface area contributed by atoms with E-state index < -0.39 is 6.03 Å². The van der Waals surface area contributed by atoms with Crippen LogP contribution in [0.3, 0.4) is 0 Å². The number of carbonyl (C=O) groups is 1. The van der Waals surface area contributed by atoms with E-state index in [0.29, 0.717) is 0 Å². The second-order valence-corrected chi connectivity index (χ2v) is 4.53. The van der Waals surface area contributed by atoms with Crippen LogP contribution in [0, 0.1) is 0 Å². The summed E-state index contributed by atoms with van der Waals surface area (Å²) >= 11 is 0. The van der Waals surface area contributed by atoms with Crippen LogP contribution in [0.4, 0.5) is 4.79 Å². The van der Waals surface area contributed by atoms with Crippen LogP contribution in [0.2, 0.25) is 0 Å². The Morgan fingerprint density at radius 2 is 1.44 bits per heavy atom. The number of primary amides is 1. The van der Waals surface area contributed by atoms with Crippen molar-refractivity contribution >= 4 is 6.03 Å². The quantitative estimate of drug-likeness (QED) is 0.815. The molecule has 18 heavy (non-hydrogen) atoms. The fraction of sp³-hybridized carbons (Fsp3) is 0.133. The number of carbonyl (C=O) groups excluding carboxylic acids is 1. The Labute approximate surface area is 106 Å². The average Bonchev–Trinajstić information content (AvgIpc) is 2.72. The minimum absolute atomic E-state index is 0.0742. The van der Waals surface area contributed by atoms with Crippen LogP contribution in [0.5, 0.6) is 0 Å². The average molecular weight is 238 g/mol. The van der Waals surface area contributed by atoms with Gasteiger partial charge >= 0.3 is 6.03 Å². The molecule has 0 aliphatic heterocycles. The van der Waals surface area contributed by atoms with E-state index in [0.717, 1.165) is 11.1 Å². The molecule has 2 N–H and O–H groups in total. The van der Waals surface area contributed by atoms with Crippen molar-refractivity contribution in [1.82, 2.24) is 4.90 Å². The van der Waals surface area contributed by atoms with Crippen LogP contribution in [0.15, 0.2) is 48.5 Å². The summed E-state index contributed by atoms with van der Waals surface area (Å²) in [7, 11) is 1.74. The molecule has 0 saturated heterocycles. The molecule has 0 saturated carbocycles. The lowest BCUT2D eigenvalue weighted by Crippen LogP contribution is -2.35. The first-order valence-corrected chi connectivity index (χ1v) is 5.90. The van der Waals surface area contributed by atoms with Gasteiger partial charge in [0.2, 0.25) is 0 Å². The highest BCUT2D eigenvalue weighted by Gasteiger charge is 2.32. The Morgan fingerprint density at radius 3 is 1.89 bits per heavy atom. The van der Waals surface area contributed by atoms with Gasteiger partial charge in [-0.05, 0) is 22.3 Å². The van der Waals surface area contributed by atoms with Crippen LogP contribution < -0.4 is 5.73 Å². The standard InChI is InChI=1S/C15H14N2O/c1-17(15(16)18)14-12-8-4-2-6-10(12)11-7-3-5-9-13(11)14/h2-9,14H,1H3,(H2,16,18). The molecule has 2 aromatic carbocycles. The predicted octanol–water partition coefficient (Wildman–Crippen LogP) is 2.77. The van der Waals surface area contributed by atoms with Gasteiger partial charge in [-0.25, -0.2) is 4.79 Å². The molecular formula is C15H14N2O. The summed E-state index contributed by atoms with van der Waals surface area (Å²) in [5.74, 6) is 0. The third kappa shape index (κ3) is 1.40. The van der Waals surface area contributed by atoms with Gasteiger partial charge in [0, 0.05) is 7.05 Å². The van der Waals surface area contributed by atoms with Crippen molar-refractivity contribution in [3.8, 4) is 11.1 Å². The zero-order valence-corrected chi connectivity index (χ0v) is 10.1. The molecule has 0 heterocycles. The highest BCUT2D eigenvalue weighted by Crippen LogP contribution is 2.45. The fourth-order valence-corrected chi connectivity index (χ4v) is 2.67. The van der Waals surface area contributed by atoms with Crippen LogP contribution in [0.25, 0.3) is 11.1 Å². The molecule has 0 bridgehead atoms. The summed E-state index contributed by atoms with van der Waals surface area (Å²) in [6.45, 7) is 0. The van der Waals surface area contributed by atoms with Crippen molar-refractivity contribution in [2.75, 3.05) is 7.05 Å². The van der Waals surface area contributed by atoms with Crippen molar-refractivity contribution in [2.45, 2.75) is 6.04 Å². The third-order valence-corrected chi connectivity index (χ3v) is 3.54. The maximum Gasteiger partial charge on any atom is 0.315 e. The highest BCUT2D eigenvalue weighted by atomic mass is 16.2. The normalized spacial score (nSPS) is 12.9. The predicted molar refractivity (Wildman–Crippen MR) is 71.1 cm³/mol. The van der Waals surface area contributed by atoms with Crippen molar-refractivity contribution in [3.63, 3.8) is 0 Å². The van der Waals surface area contributed by atoms with Crippen LogP contribution in [-0.4, -0.2) is 18.0 Å². The monoisotopic (exact) mass is 238 g/mol. The summed E-state index contributed by atoms with van der Waals surface area (Å²) in [4.78, 5) is 13.0. The van der Waals surface area contributed by atoms with Crippen molar-refractivity contribution < 1.29 is 4.79 Å². The maximum absolute atomic E-state index is 11.5. The Hall–Kier alpha value is -2.29. The van der Waals surface area contributed by atoms with Gasteiger partial charge in [-0.3, -0.25) is 0 Å². The second kappa shape index (κ2) is 3.88. The van der Waals surface area contributed by atoms with Gasteiger partial charge in [-0.1, -0.05) is 48.5 Å². The molecule has 2 amide bonds. The number of benzene rings is 2.